The summed E-state index contributed by atoms with van der Waals surface area (Å²) in [5.74, 6) is -5.85. The Kier molecular flexibility index (Phi) is 9.66. The maximum atomic E-state index is 13.4. The summed E-state index contributed by atoms with van der Waals surface area (Å²) >= 11 is 0. The molecule has 2 heterocycles. The van der Waals surface area contributed by atoms with E-state index in [1.165, 1.54) is 6.07 Å². The lowest BCUT2D eigenvalue weighted by atomic mass is 9.50. The van der Waals surface area contributed by atoms with Gasteiger partial charge in [0.25, 0.3) is 0 Å². The molecule has 0 radical (unpaired) electrons. The van der Waals surface area contributed by atoms with Crippen LogP contribution in [-0.4, -0.2) is 123 Å². The first-order valence-electron chi connectivity index (χ1n) is 15.4. The second kappa shape index (κ2) is 13.4. The molecule has 17 heteroatoms. The molecule has 1 spiro atoms. The third-order valence-electron chi connectivity index (χ3n) is 9.47. The minimum Gasteiger partial charge on any atom is -0.504 e. The van der Waals surface area contributed by atoms with Gasteiger partial charge < -0.3 is 50.4 Å². The van der Waals surface area contributed by atoms with Crippen LogP contribution in [0.25, 0.3) is 0 Å². The van der Waals surface area contributed by atoms with Crippen LogP contribution in [0.3, 0.4) is 0 Å². The Labute approximate surface area is 273 Å². The molecular weight excluding hydrogens is 638 g/mol. The fourth-order valence-electron chi connectivity index (χ4n) is 7.32. The number of nitrogens with one attached hydrogen (secondary N) is 2. The average molecular weight is 676 g/mol. The number of carbonyl (C=O) groups excluding carboxylic acids is 4. The topological polar surface area (TPSA) is 259 Å². The van der Waals surface area contributed by atoms with Gasteiger partial charge in [-0.15, -0.1) is 0 Å². The van der Waals surface area contributed by atoms with Crippen molar-refractivity contribution >= 4 is 35.7 Å². The van der Waals surface area contributed by atoms with Gasteiger partial charge >= 0.3 is 23.9 Å². The van der Waals surface area contributed by atoms with Gasteiger partial charge in [-0.1, -0.05) is 6.07 Å². The van der Waals surface area contributed by atoms with Gasteiger partial charge in [-0.2, -0.15) is 0 Å². The monoisotopic (exact) mass is 675 g/mol. The molecule has 5 rings (SSSR count). The van der Waals surface area contributed by atoms with E-state index in [-0.39, 0.29) is 55.7 Å². The molecule has 1 fully saturated rings. The molecule has 48 heavy (non-hydrogen) atoms. The number of esters is 2. The standard InChI is InChI=1S/C31H37N3O14/c1-34-11-8-30-25-15-2-3-16(35)26(25)47-27(30)19(46-23(40)5-9-32-21(38)13-17(36)28(42)43)4-7-31(30,20(34)12-15)48-24(41)6-10-33-22(39)14-18(37)29(44)45/h2-4,17-18,20,27,35-37H,5-14H2,1H3,(H,32,38)(H,33,39)(H,42,43)(H,44,45)/t17-,18-,20+,27?,30?,31+/m0/s1. The van der Waals surface area contributed by atoms with E-state index in [2.05, 4.69) is 15.5 Å². The van der Waals surface area contributed by atoms with E-state index in [0.29, 0.717) is 24.9 Å². The van der Waals surface area contributed by atoms with Crippen LogP contribution in [0.2, 0.25) is 0 Å². The molecule has 2 bridgehead atoms. The van der Waals surface area contributed by atoms with Gasteiger partial charge in [-0.25, -0.2) is 9.59 Å². The molecule has 0 saturated carbocycles. The van der Waals surface area contributed by atoms with Crippen molar-refractivity contribution in [3.05, 3.63) is 35.1 Å². The number of aliphatic hydroxyl groups excluding tert-OH is 2. The van der Waals surface area contributed by atoms with Crippen molar-refractivity contribution in [2.75, 3.05) is 26.7 Å². The predicted molar refractivity (Wildman–Crippen MR) is 158 cm³/mol. The number of ether oxygens (including phenoxy) is 3. The predicted octanol–water partition coefficient (Wildman–Crippen LogP) is -1.55. The lowest BCUT2D eigenvalue weighted by Crippen LogP contribution is -2.75. The van der Waals surface area contributed by atoms with Gasteiger partial charge in [0, 0.05) is 25.1 Å². The second-order valence-corrected chi connectivity index (χ2v) is 12.3. The molecule has 260 valence electrons. The van der Waals surface area contributed by atoms with Crippen LogP contribution in [-0.2, 0) is 50.1 Å². The molecule has 1 aromatic rings. The highest BCUT2D eigenvalue weighted by molar-refractivity contribution is 5.84. The number of rotatable bonds is 14. The fraction of sp³-hybridized carbons (Fsp3) is 0.548. The van der Waals surface area contributed by atoms with Crippen molar-refractivity contribution < 1.29 is 68.5 Å². The van der Waals surface area contributed by atoms with Gasteiger partial charge in [0.05, 0.1) is 37.1 Å². The van der Waals surface area contributed by atoms with Gasteiger partial charge in [-0.05, 0) is 44.1 Å². The van der Waals surface area contributed by atoms with E-state index < -0.39 is 77.9 Å². The number of piperidine rings is 1. The number of carboxylic acid groups (broad SMARTS) is 2. The van der Waals surface area contributed by atoms with Crippen molar-refractivity contribution in [2.45, 2.75) is 80.3 Å². The molecule has 2 amide bonds. The smallest absolute Gasteiger partial charge is 0.333 e. The first-order chi connectivity index (χ1) is 22.7. The number of carbonyl (C=O) groups is 6. The zero-order chi connectivity index (χ0) is 35.0. The quantitative estimate of drug-likeness (QED) is 0.110. The van der Waals surface area contributed by atoms with Crippen LogP contribution in [0.4, 0.5) is 0 Å². The largest absolute Gasteiger partial charge is 0.504 e. The SMILES string of the molecule is CN1CCC23c4c5ccc(O)c4OC2C(OC(=O)CCNC(=O)C[C@H](O)C(=O)O)=CC[C@@]3(OC(=O)CCNC(=O)C[C@H](O)C(=O)O)[C@H]1C5. The zero-order valence-electron chi connectivity index (χ0n) is 26.0. The molecule has 1 saturated heterocycles. The highest BCUT2D eigenvalue weighted by Gasteiger charge is 2.74. The number of amides is 2. The highest BCUT2D eigenvalue weighted by atomic mass is 16.6. The number of hydrogen-bond donors (Lipinski definition) is 7. The van der Waals surface area contributed by atoms with Crippen LogP contribution < -0.4 is 15.4 Å². The summed E-state index contributed by atoms with van der Waals surface area (Å²) in [4.78, 5) is 74.0. The lowest BCUT2D eigenvalue weighted by molar-refractivity contribution is -0.206. The number of phenols is 1. The van der Waals surface area contributed by atoms with Gasteiger partial charge in [-0.3, -0.25) is 24.1 Å². The molecule has 6 atom stereocenters. The number of likely N-dealkylation sites (N-methyl/N-ethyl adjacent to an activating group) is 1. The average Bonchev–Trinajstić information content (AvgIpc) is 3.37. The van der Waals surface area contributed by atoms with E-state index in [9.17, 15) is 44.1 Å². The molecule has 4 aliphatic rings. The minimum atomic E-state index is -1.88. The number of carboxylic acids is 2. The number of aromatic hydroxyl groups is 1. The second-order valence-electron chi connectivity index (χ2n) is 12.3. The number of aliphatic hydroxyl groups is 2. The molecule has 7 N–H and O–H groups in total. The summed E-state index contributed by atoms with van der Waals surface area (Å²) < 4.78 is 18.5. The molecule has 2 aliphatic carbocycles. The summed E-state index contributed by atoms with van der Waals surface area (Å²) in [6.45, 7) is 0.176. The minimum absolute atomic E-state index is 0.103. The van der Waals surface area contributed by atoms with Crippen LogP contribution in [0, 0.1) is 0 Å². The molecule has 17 nitrogen and oxygen atoms in total. The van der Waals surface area contributed by atoms with E-state index in [1.807, 2.05) is 7.05 Å². The molecule has 1 aromatic carbocycles. The van der Waals surface area contributed by atoms with E-state index in [0.717, 1.165) is 5.56 Å². The third kappa shape index (κ3) is 6.15. The summed E-state index contributed by atoms with van der Waals surface area (Å²) in [5.41, 5.74) is -0.795. The summed E-state index contributed by atoms with van der Waals surface area (Å²) in [6.07, 6.45) is -4.14. The Morgan fingerprint density at radius 3 is 2.19 bits per heavy atom. The van der Waals surface area contributed by atoms with E-state index in [4.69, 9.17) is 24.4 Å². The lowest BCUT2D eigenvalue weighted by Gasteiger charge is -2.62. The first-order valence-corrected chi connectivity index (χ1v) is 15.4. The molecule has 2 aliphatic heterocycles. The van der Waals surface area contributed by atoms with Crippen molar-refractivity contribution in [1.82, 2.24) is 15.5 Å². The van der Waals surface area contributed by atoms with E-state index in [1.54, 1.807) is 12.1 Å². The Morgan fingerprint density at radius 2 is 1.58 bits per heavy atom. The summed E-state index contributed by atoms with van der Waals surface area (Å²) in [5, 5.41) is 52.0. The van der Waals surface area contributed by atoms with E-state index >= 15 is 0 Å². The highest BCUT2D eigenvalue weighted by Crippen LogP contribution is 2.66. The molecule has 2 unspecified atom stereocenters. The molecular formula is C31H37N3O14. The number of benzene rings is 1. The Bertz CT molecular complexity index is 1560. The van der Waals surface area contributed by atoms with Gasteiger partial charge in [0.1, 0.15) is 11.4 Å². The Balaban J connectivity index is 1.36. The van der Waals surface area contributed by atoms with Crippen molar-refractivity contribution in [1.29, 1.82) is 0 Å². The van der Waals surface area contributed by atoms with Gasteiger partial charge in [0.2, 0.25) is 11.8 Å². The van der Waals surface area contributed by atoms with Crippen LogP contribution in [0.5, 0.6) is 11.5 Å². The van der Waals surface area contributed by atoms with Crippen LogP contribution >= 0.6 is 0 Å². The van der Waals surface area contributed by atoms with Crippen molar-refractivity contribution in [3.8, 4) is 11.5 Å². The fourth-order valence-corrected chi connectivity index (χ4v) is 7.32. The number of phenolic OH excluding ortho intramolecular Hbond substituents is 1. The number of hydrogen-bond acceptors (Lipinski definition) is 13. The summed E-state index contributed by atoms with van der Waals surface area (Å²) in [7, 11) is 1.90. The van der Waals surface area contributed by atoms with Crippen LogP contribution in [0.1, 0.15) is 49.7 Å². The first kappa shape index (κ1) is 34.6. The van der Waals surface area contributed by atoms with Crippen LogP contribution in [0.15, 0.2) is 24.0 Å². The number of nitrogens with zero attached hydrogens (tertiary/aromatic N) is 1. The maximum absolute atomic E-state index is 13.4. The number of likely N-dealkylation sites (tertiary alicyclic amines) is 1. The van der Waals surface area contributed by atoms with Crippen molar-refractivity contribution in [2.24, 2.45) is 0 Å². The zero-order valence-corrected chi connectivity index (χ0v) is 26.0. The molecule has 0 aromatic heterocycles. The maximum Gasteiger partial charge on any atom is 0.333 e. The summed E-state index contributed by atoms with van der Waals surface area (Å²) in [6, 6.07) is 2.95. The van der Waals surface area contributed by atoms with Gasteiger partial charge in [0.15, 0.2) is 29.8 Å². The Morgan fingerprint density at radius 1 is 0.979 bits per heavy atom. The third-order valence-corrected chi connectivity index (χ3v) is 9.47. The van der Waals surface area contributed by atoms with Crippen molar-refractivity contribution in [3.63, 3.8) is 0 Å². The number of aliphatic carboxylic acids is 2. The Hall–Kier alpha value is -4.74. The normalized spacial score (nSPS) is 26.1.